The third-order valence-corrected chi connectivity index (χ3v) is 5.22. The van der Waals surface area contributed by atoms with Crippen LogP contribution in [-0.2, 0) is 9.59 Å². The Morgan fingerprint density at radius 2 is 1.92 bits per heavy atom. The lowest BCUT2D eigenvalue weighted by Gasteiger charge is -2.25. The summed E-state index contributed by atoms with van der Waals surface area (Å²) in [4.78, 5) is 27.6. The van der Waals surface area contributed by atoms with Crippen LogP contribution in [0.3, 0.4) is 0 Å². The summed E-state index contributed by atoms with van der Waals surface area (Å²) in [5.41, 5.74) is 3.72. The highest BCUT2D eigenvalue weighted by Gasteiger charge is 2.34. The predicted molar refractivity (Wildman–Crippen MR) is 104 cm³/mol. The number of amides is 2. The Labute approximate surface area is 152 Å². The smallest absolute Gasteiger partial charge is 0.238 e. The molecule has 0 spiro atoms. The van der Waals surface area contributed by atoms with Crippen LogP contribution in [0.25, 0.3) is 0 Å². The summed E-state index contributed by atoms with van der Waals surface area (Å²) in [5, 5.41) is 2.71. The van der Waals surface area contributed by atoms with Gasteiger partial charge in [0.05, 0.1) is 5.75 Å². The highest BCUT2D eigenvalue weighted by molar-refractivity contribution is 8.00. The van der Waals surface area contributed by atoms with E-state index in [-0.39, 0.29) is 17.2 Å². The van der Waals surface area contributed by atoms with Crippen molar-refractivity contribution in [2.24, 2.45) is 0 Å². The number of benzene rings is 2. The fourth-order valence-corrected chi connectivity index (χ4v) is 4.00. The SMILES string of the molecule is CC(=O)Nc1cccc(C2SCC(=O)N2c2ccc(N(C)C)cc2)c1. The van der Waals surface area contributed by atoms with Gasteiger partial charge in [0.2, 0.25) is 11.8 Å². The Hall–Kier alpha value is -2.47. The van der Waals surface area contributed by atoms with Gasteiger partial charge in [0, 0.05) is 38.1 Å². The number of hydrogen-bond donors (Lipinski definition) is 1. The molecule has 0 saturated carbocycles. The summed E-state index contributed by atoms with van der Waals surface area (Å²) < 4.78 is 0. The molecule has 25 heavy (non-hydrogen) atoms. The molecule has 2 amide bonds. The number of carbonyl (C=O) groups excluding carboxylic acids is 2. The van der Waals surface area contributed by atoms with E-state index in [1.807, 2.05) is 72.4 Å². The molecule has 1 heterocycles. The van der Waals surface area contributed by atoms with E-state index in [0.29, 0.717) is 5.75 Å². The van der Waals surface area contributed by atoms with E-state index in [1.165, 1.54) is 6.92 Å². The molecule has 1 saturated heterocycles. The maximum Gasteiger partial charge on any atom is 0.238 e. The standard InChI is InChI=1S/C19H21N3O2S/c1-13(23)20-15-6-4-5-14(11-15)19-22(18(24)12-25-19)17-9-7-16(8-10-17)21(2)3/h4-11,19H,12H2,1-3H3,(H,20,23). The van der Waals surface area contributed by atoms with E-state index in [9.17, 15) is 9.59 Å². The number of nitrogens with one attached hydrogen (secondary N) is 1. The Morgan fingerprint density at radius 3 is 2.56 bits per heavy atom. The molecule has 0 radical (unpaired) electrons. The van der Waals surface area contributed by atoms with E-state index in [1.54, 1.807) is 11.8 Å². The van der Waals surface area contributed by atoms with Gasteiger partial charge >= 0.3 is 0 Å². The molecule has 1 atom stereocenters. The first-order chi connectivity index (χ1) is 12.0. The number of carbonyl (C=O) groups is 2. The first-order valence-electron chi connectivity index (χ1n) is 8.04. The van der Waals surface area contributed by atoms with E-state index < -0.39 is 0 Å². The van der Waals surface area contributed by atoms with Gasteiger partial charge in [-0.15, -0.1) is 11.8 Å². The highest BCUT2D eigenvalue weighted by atomic mass is 32.2. The van der Waals surface area contributed by atoms with E-state index >= 15 is 0 Å². The molecule has 5 nitrogen and oxygen atoms in total. The van der Waals surface area contributed by atoms with Crippen LogP contribution in [0.15, 0.2) is 48.5 Å². The topological polar surface area (TPSA) is 52.7 Å². The average molecular weight is 355 g/mol. The Morgan fingerprint density at radius 1 is 1.20 bits per heavy atom. The van der Waals surface area contributed by atoms with Crippen LogP contribution in [0.5, 0.6) is 0 Å². The van der Waals surface area contributed by atoms with Gasteiger partial charge in [0.1, 0.15) is 5.37 Å². The normalized spacial score (nSPS) is 16.8. The molecule has 1 unspecified atom stereocenters. The molecule has 1 aliphatic heterocycles. The van der Waals surface area contributed by atoms with E-state index in [0.717, 1.165) is 22.6 Å². The Bertz CT molecular complexity index is 790. The zero-order chi connectivity index (χ0) is 18.0. The minimum atomic E-state index is -0.108. The summed E-state index contributed by atoms with van der Waals surface area (Å²) in [7, 11) is 3.98. The number of anilines is 3. The van der Waals surface area contributed by atoms with Crippen molar-refractivity contribution in [3.05, 3.63) is 54.1 Å². The maximum absolute atomic E-state index is 12.5. The van der Waals surface area contributed by atoms with Gasteiger partial charge in [-0.05, 0) is 42.0 Å². The summed E-state index contributed by atoms with van der Waals surface area (Å²) in [5.74, 6) is 0.436. The molecule has 0 aromatic heterocycles. The molecule has 1 N–H and O–H groups in total. The summed E-state index contributed by atoms with van der Waals surface area (Å²) >= 11 is 1.60. The molecular weight excluding hydrogens is 334 g/mol. The third-order valence-electron chi connectivity index (χ3n) is 4.00. The van der Waals surface area contributed by atoms with Gasteiger partial charge in [-0.2, -0.15) is 0 Å². The fraction of sp³-hybridized carbons (Fsp3) is 0.263. The van der Waals surface area contributed by atoms with E-state index in [4.69, 9.17) is 0 Å². The first kappa shape index (κ1) is 17.4. The van der Waals surface area contributed by atoms with Crippen LogP contribution in [0.4, 0.5) is 17.1 Å². The van der Waals surface area contributed by atoms with Crippen molar-refractivity contribution in [3.8, 4) is 0 Å². The van der Waals surface area contributed by atoms with Crippen LogP contribution in [0.1, 0.15) is 17.9 Å². The Balaban J connectivity index is 1.90. The highest BCUT2D eigenvalue weighted by Crippen LogP contribution is 2.42. The van der Waals surface area contributed by atoms with Gasteiger partial charge in [-0.1, -0.05) is 12.1 Å². The van der Waals surface area contributed by atoms with Crippen LogP contribution >= 0.6 is 11.8 Å². The lowest BCUT2D eigenvalue weighted by atomic mass is 10.1. The first-order valence-corrected chi connectivity index (χ1v) is 9.09. The minimum Gasteiger partial charge on any atom is -0.378 e. The molecule has 1 aliphatic rings. The molecule has 2 aromatic rings. The van der Waals surface area contributed by atoms with Gasteiger partial charge < -0.3 is 10.2 Å². The molecule has 1 fully saturated rings. The lowest BCUT2D eigenvalue weighted by molar-refractivity contribution is -0.116. The number of thioether (sulfide) groups is 1. The molecule has 0 bridgehead atoms. The van der Waals surface area contributed by atoms with Crippen molar-refractivity contribution in [2.45, 2.75) is 12.3 Å². The van der Waals surface area contributed by atoms with Gasteiger partial charge in [-0.25, -0.2) is 0 Å². The van der Waals surface area contributed by atoms with Crippen molar-refractivity contribution in [1.29, 1.82) is 0 Å². The van der Waals surface area contributed by atoms with Crippen molar-refractivity contribution in [2.75, 3.05) is 35.0 Å². The lowest BCUT2D eigenvalue weighted by Crippen LogP contribution is -2.27. The van der Waals surface area contributed by atoms with Crippen molar-refractivity contribution >= 4 is 40.6 Å². The Kier molecular flexibility index (Phi) is 4.99. The average Bonchev–Trinajstić information content (AvgIpc) is 2.96. The van der Waals surface area contributed by atoms with Gasteiger partial charge in [0.25, 0.3) is 0 Å². The predicted octanol–water partition coefficient (Wildman–Crippen LogP) is 3.49. The molecule has 0 aliphatic carbocycles. The number of rotatable bonds is 4. The second-order valence-corrected chi connectivity index (χ2v) is 7.21. The molecule has 3 rings (SSSR count). The van der Waals surface area contributed by atoms with Crippen LogP contribution < -0.4 is 15.1 Å². The van der Waals surface area contributed by atoms with Crippen LogP contribution in [0.2, 0.25) is 0 Å². The number of nitrogens with zero attached hydrogens (tertiary/aromatic N) is 2. The number of hydrogen-bond acceptors (Lipinski definition) is 4. The molecule has 6 heteroatoms. The maximum atomic E-state index is 12.5. The monoisotopic (exact) mass is 355 g/mol. The quantitative estimate of drug-likeness (QED) is 0.912. The second-order valence-electron chi connectivity index (χ2n) is 6.14. The van der Waals surface area contributed by atoms with Crippen molar-refractivity contribution in [1.82, 2.24) is 0 Å². The van der Waals surface area contributed by atoms with Crippen LogP contribution in [-0.4, -0.2) is 31.7 Å². The molecular formula is C19H21N3O2S. The minimum absolute atomic E-state index is 0.0913. The zero-order valence-corrected chi connectivity index (χ0v) is 15.3. The zero-order valence-electron chi connectivity index (χ0n) is 14.5. The molecule has 2 aromatic carbocycles. The summed E-state index contributed by atoms with van der Waals surface area (Å²) in [6, 6.07) is 15.6. The third kappa shape index (κ3) is 3.79. The van der Waals surface area contributed by atoms with Crippen LogP contribution in [0, 0.1) is 0 Å². The second kappa shape index (κ2) is 7.19. The summed E-state index contributed by atoms with van der Waals surface area (Å²) in [6.07, 6.45) is 0. The van der Waals surface area contributed by atoms with Crippen molar-refractivity contribution < 1.29 is 9.59 Å². The van der Waals surface area contributed by atoms with Gasteiger partial charge in [-0.3, -0.25) is 14.5 Å². The molecule has 130 valence electrons. The van der Waals surface area contributed by atoms with Crippen molar-refractivity contribution in [3.63, 3.8) is 0 Å². The largest absolute Gasteiger partial charge is 0.378 e. The van der Waals surface area contributed by atoms with Gasteiger partial charge in [0.15, 0.2) is 0 Å². The fourth-order valence-electron chi connectivity index (χ4n) is 2.83. The summed E-state index contributed by atoms with van der Waals surface area (Å²) in [6.45, 7) is 1.49. The van der Waals surface area contributed by atoms with E-state index in [2.05, 4.69) is 5.32 Å².